The maximum Gasteiger partial charge on any atom is 0.307 e. The zero-order valence-electron chi connectivity index (χ0n) is 15.1. The summed E-state index contributed by atoms with van der Waals surface area (Å²) < 4.78 is 7.84. The Morgan fingerprint density at radius 2 is 1.89 bits per heavy atom. The number of aryl methyl sites for hydroxylation is 1. The number of amides is 1. The van der Waals surface area contributed by atoms with Crippen LogP contribution in [0.3, 0.4) is 0 Å². The Kier molecular flexibility index (Phi) is 5.07. The van der Waals surface area contributed by atoms with Gasteiger partial charge in [0.1, 0.15) is 0 Å². The Bertz CT molecular complexity index is 1020. The minimum absolute atomic E-state index is 0.00988. The molecule has 0 saturated carbocycles. The van der Waals surface area contributed by atoms with Gasteiger partial charge in [-0.1, -0.05) is 23.5 Å². The van der Waals surface area contributed by atoms with Crippen molar-refractivity contribution in [3.63, 3.8) is 0 Å². The molecule has 3 aromatic rings. The fourth-order valence-electron chi connectivity index (χ4n) is 3.19. The number of benzene rings is 2. The second-order valence-corrected chi connectivity index (χ2v) is 7.64. The quantitative estimate of drug-likeness (QED) is 0.752. The Morgan fingerprint density at radius 3 is 2.63 bits per heavy atom. The standard InChI is InChI=1S/C20H21N3O3S/c1-22-17-7-6-16(12-18(17)27-20(22)25)21-19(24)15-4-2-14(3-5-15)13-23-8-10-26-11-9-23/h2-7,12H,8-11,13H2,1H3,(H,21,24). The first-order valence-corrected chi connectivity index (χ1v) is 9.72. The third-order valence-electron chi connectivity index (χ3n) is 4.78. The normalized spacial score (nSPS) is 15.1. The molecule has 0 spiro atoms. The number of anilines is 1. The summed E-state index contributed by atoms with van der Waals surface area (Å²) in [6, 6.07) is 13.2. The number of hydrogen-bond acceptors (Lipinski definition) is 5. The van der Waals surface area contributed by atoms with Crippen molar-refractivity contribution in [3.05, 3.63) is 63.3 Å². The summed E-state index contributed by atoms with van der Waals surface area (Å²) in [7, 11) is 1.75. The van der Waals surface area contributed by atoms with Crippen LogP contribution in [0.15, 0.2) is 47.3 Å². The van der Waals surface area contributed by atoms with Gasteiger partial charge in [-0.15, -0.1) is 0 Å². The summed E-state index contributed by atoms with van der Waals surface area (Å²) in [4.78, 5) is 26.6. The van der Waals surface area contributed by atoms with E-state index in [1.807, 2.05) is 42.5 Å². The number of carbonyl (C=O) groups is 1. The minimum atomic E-state index is -0.157. The van der Waals surface area contributed by atoms with Gasteiger partial charge in [0, 0.05) is 37.9 Å². The maximum atomic E-state index is 12.5. The molecule has 140 valence electrons. The van der Waals surface area contributed by atoms with Crippen molar-refractivity contribution in [1.82, 2.24) is 9.47 Å². The second kappa shape index (κ2) is 7.64. The third-order valence-corrected chi connectivity index (χ3v) is 5.77. The molecule has 6 nitrogen and oxygen atoms in total. The topological polar surface area (TPSA) is 63.6 Å². The number of aromatic nitrogens is 1. The van der Waals surface area contributed by atoms with E-state index in [1.54, 1.807) is 11.6 Å². The molecule has 1 aromatic heterocycles. The lowest BCUT2D eigenvalue weighted by Crippen LogP contribution is -2.35. The van der Waals surface area contributed by atoms with Gasteiger partial charge in [-0.05, 0) is 35.9 Å². The van der Waals surface area contributed by atoms with Gasteiger partial charge in [0.2, 0.25) is 0 Å². The number of ether oxygens (including phenoxy) is 1. The van der Waals surface area contributed by atoms with E-state index in [9.17, 15) is 9.59 Å². The Labute approximate surface area is 161 Å². The molecule has 4 rings (SSSR count). The summed E-state index contributed by atoms with van der Waals surface area (Å²) in [5.74, 6) is -0.157. The fourth-order valence-corrected chi connectivity index (χ4v) is 4.11. The molecule has 2 aromatic carbocycles. The molecule has 1 aliphatic heterocycles. The van der Waals surface area contributed by atoms with E-state index in [4.69, 9.17) is 4.74 Å². The van der Waals surface area contributed by atoms with Gasteiger partial charge in [0.05, 0.1) is 23.4 Å². The molecular formula is C20H21N3O3S. The van der Waals surface area contributed by atoms with Crippen LogP contribution in [-0.4, -0.2) is 41.7 Å². The van der Waals surface area contributed by atoms with Gasteiger partial charge < -0.3 is 14.6 Å². The van der Waals surface area contributed by atoms with Crippen LogP contribution < -0.4 is 10.2 Å². The Balaban J connectivity index is 1.44. The van der Waals surface area contributed by atoms with Gasteiger partial charge in [-0.3, -0.25) is 14.5 Å². The zero-order valence-corrected chi connectivity index (χ0v) is 15.9. The first kappa shape index (κ1) is 17.9. The lowest BCUT2D eigenvalue weighted by atomic mass is 10.1. The molecule has 2 heterocycles. The maximum absolute atomic E-state index is 12.5. The molecular weight excluding hydrogens is 362 g/mol. The van der Waals surface area contributed by atoms with Crippen molar-refractivity contribution in [3.8, 4) is 0 Å². The molecule has 0 atom stereocenters. The average molecular weight is 383 g/mol. The molecule has 1 saturated heterocycles. The molecule has 1 amide bonds. The van der Waals surface area contributed by atoms with E-state index in [1.165, 1.54) is 16.9 Å². The van der Waals surface area contributed by atoms with Crippen LogP contribution in [0, 0.1) is 0 Å². The largest absolute Gasteiger partial charge is 0.379 e. The van der Waals surface area contributed by atoms with E-state index in [-0.39, 0.29) is 10.8 Å². The molecule has 27 heavy (non-hydrogen) atoms. The summed E-state index contributed by atoms with van der Waals surface area (Å²) in [6.45, 7) is 4.31. The molecule has 1 fully saturated rings. The van der Waals surface area contributed by atoms with Crippen molar-refractivity contribution in [1.29, 1.82) is 0 Å². The molecule has 0 unspecified atom stereocenters. The minimum Gasteiger partial charge on any atom is -0.379 e. The second-order valence-electron chi connectivity index (χ2n) is 6.65. The number of carbonyl (C=O) groups excluding carboxylic acids is 1. The van der Waals surface area contributed by atoms with Crippen molar-refractivity contribution < 1.29 is 9.53 Å². The van der Waals surface area contributed by atoms with Gasteiger partial charge in [-0.25, -0.2) is 0 Å². The van der Waals surface area contributed by atoms with Gasteiger partial charge in [0.25, 0.3) is 5.91 Å². The van der Waals surface area contributed by atoms with Gasteiger partial charge in [-0.2, -0.15) is 0 Å². The fraction of sp³-hybridized carbons (Fsp3) is 0.300. The summed E-state index contributed by atoms with van der Waals surface area (Å²) in [6.07, 6.45) is 0. The average Bonchev–Trinajstić information content (AvgIpc) is 2.96. The lowest BCUT2D eigenvalue weighted by Gasteiger charge is -2.26. The highest BCUT2D eigenvalue weighted by Crippen LogP contribution is 2.21. The molecule has 0 radical (unpaired) electrons. The van der Waals surface area contributed by atoms with Crippen molar-refractivity contribution in [2.45, 2.75) is 6.54 Å². The SMILES string of the molecule is Cn1c(=O)sc2cc(NC(=O)c3ccc(CN4CCOCC4)cc3)ccc21. The highest BCUT2D eigenvalue weighted by Gasteiger charge is 2.12. The van der Waals surface area contributed by atoms with Crippen molar-refractivity contribution in [2.24, 2.45) is 7.05 Å². The number of nitrogens with one attached hydrogen (secondary N) is 1. The van der Waals surface area contributed by atoms with Crippen molar-refractivity contribution >= 4 is 33.1 Å². The number of morpholine rings is 1. The number of thiazole rings is 1. The third kappa shape index (κ3) is 3.95. The predicted molar refractivity (Wildman–Crippen MR) is 108 cm³/mol. The van der Waals surface area contributed by atoms with Crippen LogP contribution in [0.25, 0.3) is 10.2 Å². The molecule has 1 aliphatic rings. The summed E-state index contributed by atoms with van der Waals surface area (Å²) in [5, 5.41) is 2.91. The predicted octanol–water partition coefficient (Wildman–Crippen LogP) is 2.68. The van der Waals surface area contributed by atoms with E-state index in [2.05, 4.69) is 10.2 Å². The monoisotopic (exact) mass is 383 g/mol. The number of fused-ring (bicyclic) bond motifs is 1. The van der Waals surface area contributed by atoms with Gasteiger partial charge >= 0.3 is 4.87 Å². The number of nitrogens with zero attached hydrogens (tertiary/aromatic N) is 2. The lowest BCUT2D eigenvalue weighted by molar-refractivity contribution is 0.0342. The number of rotatable bonds is 4. The van der Waals surface area contributed by atoms with E-state index >= 15 is 0 Å². The highest BCUT2D eigenvalue weighted by molar-refractivity contribution is 7.16. The van der Waals surface area contributed by atoms with Crippen LogP contribution in [-0.2, 0) is 18.3 Å². The first-order valence-electron chi connectivity index (χ1n) is 8.90. The Morgan fingerprint density at radius 1 is 1.15 bits per heavy atom. The number of hydrogen-bond donors (Lipinski definition) is 1. The van der Waals surface area contributed by atoms with Crippen LogP contribution >= 0.6 is 11.3 Å². The smallest absolute Gasteiger partial charge is 0.307 e. The van der Waals surface area contributed by atoms with E-state index in [0.717, 1.165) is 43.1 Å². The van der Waals surface area contributed by atoms with Crippen LogP contribution in [0.2, 0.25) is 0 Å². The first-order chi connectivity index (χ1) is 13.1. The zero-order chi connectivity index (χ0) is 18.8. The summed E-state index contributed by atoms with van der Waals surface area (Å²) >= 11 is 1.18. The van der Waals surface area contributed by atoms with Crippen LogP contribution in [0.1, 0.15) is 15.9 Å². The van der Waals surface area contributed by atoms with Crippen molar-refractivity contribution in [2.75, 3.05) is 31.6 Å². The Hall–Kier alpha value is -2.48. The van der Waals surface area contributed by atoms with E-state index in [0.29, 0.717) is 11.3 Å². The molecule has 1 N–H and O–H groups in total. The molecule has 7 heteroatoms. The molecule has 0 aliphatic carbocycles. The van der Waals surface area contributed by atoms with Crippen LogP contribution in [0.5, 0.6) is 0 Å². The molecule has 0 bridgehead atoms. The highest BCUT2D eigenvalue weighted by atomic mass is 32.1. The summed E-state index contributed by atoms with van der Waals surface area (Å²) in [5.41, 5.74) is 3.35. The van der Waals surface area contributed by atoms with Gasteiger partial charge in [0.15, 0.2) is 0 Å². The van der Waals surface area contributed by atoms with E-state index < -0.39 is 0 Å². The van der Waals surface area contributed by atoms with Crippen LogP contribution in [0.4, 0.5) is 5.69 Å².